The number of alkyl halides is 1. The minimum absolute atomic E-state index is 0.0168. The van der Waals surface area contributed by atoms with Crippen molar-refractivity contribution in [3.05, 3.63) is 23.8 Å². The van der Waals surface area contributed by atoms with Crippen LogP contribution in [-0.4, -0.2) is 58.5 Å². The first kappa shape index (κ1) is 23.8. The van der Waals surface area contributed by atoms with Crippen LogP contribution in [0, 0.1) is 22.7 Å². The highest BCUT2D eigenvalue weighted by Gasteiger charge is 2.80. The minimum Gasteiger partial charge on any atom is -0.458 e. The van der Waals surface area contributed by atoms with Crippen LogP contribution in [0.1, 0.15) is 60.3 Å². The van der Waals surface area contributed by atoms with Gasteiger partial charge in [0.2, 0.25) is 5.78 Å². The lowest BCUT2D eigenvalue weighted by molar-refractivity contribution is -0.246. The largest absolute Gasteiger partial charge is 0.458 e. The van der Waals surface area contributed by atoms with Gasteiger partial charge in [-0.05, 0) is 64.5 Å². The normalized spacial score (nSPS) is 48.3. The van der Waals surface area contributed by atoms with Crippen molar-refractivity contribution in [3.63, 3.8) is 0 Å². The predicted molar refractivity (Wildman–Crippen MR) is 118 cm³/mol. The van der Waals surface area contributed by atoms with Crippen molar-refractivity contribution in [2.45, 2.75) is 89.6 Å². The van der Waals surface area contributed by atoms with E-state index in [1.54, 1.807) is 26.8 Å². The van der Waals surface area contributed by atoms with Crippen LogP contribution in [0.25, 0.3) is 0 Å². The van der Waals surface area contributed by atoms with Gasteiger partial charge in [0.25, 0.3) is 0 Å². The summed E-state index contributed by atoms with van der Waals surface area (Å²) in [5.41, 5.74) is -4.82. The number of esters is 1. The van der Waals surface area contributed by atoms with E-state index < -0.39 is 64.4 Å². The van der Waals surface area contributed by atoms with Gasteiger partial charge >= 0.3 is 5.97 Å². The molecule has 0 amide bonds. The first-order valence-electron chi connectivity index (χ1n) is 12.1. The van der Waals surface area contributed by atoms with E-state index in [9.17, 15) is 19.5 Å². The number of halogens is 1. The van der Waals surface area contributed by atoms with E-state index in [0.717, 1.165) is 0 Å². The fourth-order valence-corrected chi connectivity index (χ4v) is 8.08. The summed E-state index contributed by atoms with van der Waals surface area (Å²) in [6.07, 6.45) is 3.81. The van der Waals surface area contributed by atoms with Crippen LogP contribution in [0.3, 0.4) is 0 Å². The van der Waals surface area contributed by atoms with Crippen LogP contribution in [0.4, 0.5) is 4.39 Å². The Bertz CT molecular complexity index is 1030. The Morgan fingerprint density at radius 2 is 1.94 bits per heavy atom. The summed E-state index contributed by atoms with van der Waals surface area (Å²) < 4.78 is 34.9. The van der Waals surface area contributed by atoms with Crippen LogP contribution in [-0.2, 0) is 28.6 Å². The van der Waals surface area contributed by atoms with Gasteiger partial charge < -0.3 is 19.3 Å². The van der Waals surface area contributed by atoms with Crippen molar-refractivity contribution in [3.8, 4) is 0 Å². The molecule has 0 unspecified atom stereocenters. The van der Waals surface area contributed by atoms with Gasteiger partial charge in [0, 0.05) is 23.7 Å². The number of Topliss-reactive ketones (excluding diaryl/α,β-unsaturated/α-hetero) is 1. The van der Waals surface area contributed by atoms with Crippen LogP contribution in [0.15, 0.2) is 23.8 Å². The van der Waals surface area contributed by atoms with Crippen molar-refractivity contribution in [1.82, 2.24) is 0 Å². The Kier molecular flexibility index (Phi) is 4.96. The van der Waals surface area contributed by atoms with Crippen molar-refractivity contribution in [1.29, 1.82) is 0 Å². The van der Waals surface area contributed by atoms with E-state index in [1.807, 2.05) is 6.92 Å². The zero-order valence-corrected chi connectivity index (χ0v) is 20.4. The second kappa shape index (κ2) is 7.08. The molecule has 7 nitrogen and oxygen atoms in total. The van der Waals surface area contributed by atoms with Crippen LogP contribution in [0.5, 0.6) is 0 Å². The third-order valence-corrected chi connectivity index (χ3v) is 9.45. The Balaban J connectivity index is 1.60. The molecule has 1 aliphatic heterocycles. The van der Waals surface area contributed by atoms with E-state index in [0.29, 0.717) is 24.8 Å². The van der Waals surface area contributed by atoms with E-state index in [1.165, 1.54) is 19.1 Å². The van der Waals surface area contributed by atoms with Gasteiger partial charge in [-0.25, -0.2) is 4.39 Å². The summed E-state index contributed by atoms with van der Waals surface area (Å²) in [4.78, 5) is 37.1. The van der Waals surface area contributed by atoms with Crippen molar-refractivity contribution >= 4 is 17.5 Å². The molecule has 1 saturated heterocycles. The highest BCUT2D eigenvalue weighted by molar-refractivity contribution is 6.01. The molecule has 0 aromatic carbocycles. The zero-order chi connectivity index (χ0) is 24.9. The predicted octanol–water partition coefficient (Wildman–Crippen LogP) is 2.99. The number of fused-ring (bicyclic) bond motifs is 7. The number of ether oxygens (including phenoxy) is 3. The fraction of sp³-hybridized carbons (Fsp3) is 0.731. The fourth-order valence-electron chi connectivity index (χ4n) is 8.08. The molecule has 3 saturated carbocycles. The molecule has 8 heteroatoms. The minimum atomic E-state index is -2.01. The molecular formula is C26H33FO7. The summed E-state index contributed by atoms with van der Waals surface area (Å²) in [7, 11) is 0. The molecule has 0 aromatic rings. The standard InChI is InChI=1S/C26H33FO7/c1-14(28)32-13-20(31)26-21(33-22(2,3)34-26)11-18-17-7-6-15-10-16(29)8-9-23(15,4)25(17,27)19(30)12-24(18,26)5/h8-10,17-19,21,30H,6-7,11-13H2,1-5H3/t17-,18-,19-,21+,23+,24-,25-,26+/m0/s1. The molecule has 0 bridgehead atoms. The first-order valence-corrected chi connectivity index (χ1v) is 12.1. The molecule has 4 aliphatic carbocycles. The van der Waals surface area contributed by atoms with E-state index in [-0.39, 0.29) is 18.1 Å². The number of rotatable bonds is 3. The smallest absolute Gasteiger partial charge is 0.303 e. The van der Waals surface area contributed by atoms with Gasteiger partial charge in [-0.2, -0.15) is 0 Å². The van der Waals surface area contributed by atoms with Gasteiger partial charge in [-0.15, -0.1) is 0 Å². The quantitative estimate of drug-likeness (QED) is 0.625. The van der Waals surface area contributed by atoms with Crippen LogP contribution < -0.4 is 0 Å². The van der Waals surface area contributed by atoms with E-state index >= 15 is 4.39 Å². The topological polar surface area (TPSA) is 99.1 Å². The highest BCUT2D eigenvalue weighted by Crippen LogP contribution is 2.72. The monoisotopic (exact) mass is 476 g/mol. The molecule has 1 N–H and O–H groups in total. The highest BCUT2D eigenvalue weighted by atomic mass is 19.1. The molecule has 0 spiro atoms. The lowest BCUT2D eigenvalue weighted by atomic mass is 9.44. The lowest BCUT2D eigenvalue weighted by Crippen LogP contribution is -2.70. The number of aliphatic hydroxyl groups is 1. The number of hydrogen-bond acceptors (Lipinski definition) is 7. The zero-order valence-electron chi connectivity index (χ0n) is 20.4. The van der Waals surface area contributed by atoms with Gasteiger partial charge in [0.15, 0.2) is 29.4 Å². The van der Waals surface area contributed by atoms with E-state index in [2.05, 4.69) is 0 Å². The molecule has 1 heterocycles. The number of allylic oxidation sites excluding steroid dienone is 4. The number of carbonyl (C=O) groups excluding carboxylic acids is 3. The number of aliphatic hydroxyl groups excluding tert-OH is 1. The third kappa shape index (κ3) is 2.76. The van der Waals surface area contributed by atoms with Gasteiger partial charge in [0.05, 0.1) is 12.2 Å². The Hall–Kier alpha value is -1.90. The van der Waals surface area contributed by atoms with Gasteiger partial charge in [0.1, 0.15) is 0 Å². The Labute approximate surface area is 198 Å². The Morgan fingerprint density at radius 1 is 1.24 bits per heavy atom. The second-order valence-electron chi connectivity index (χ2n) is 11.5. The van der Waals surface area contributed by atoms with Gasteiger partial charge in [-0.3, -0.25) is 14.4 Å². The Morgan fingerprint density at radius 3 is 2.62 bits per heavy atom. The second-order valence-corrected chi connectivity index (χ2v) is 11.5. The summed E-state index contributed by atoms with van der Waals surface area (Å²) in [6, 6.07) is 0. The SMILES string of the molecule is CC(=O)OCC(=O)[C@@]12OC(C)(C)O[C@@H]1C[C@H]1[C@@H]3CCC4=CC(=O)C=C[C@@]4(C)[C@@]3(F)[C@@H](O)C[C@@]12C. The lowest BCUT2D eigenvalue weighted by Gasteiger charge is -2.62. The average Bonchev–Trinajstić information content (AvgIpc) is 3.14. The molecule has 34 heavy (non-hydrogen) atoms. The summed E-state index contributed by atoms with van der Waals surface area (Å²) in [5.74, 6) is -3.11. The molecule has 5 rings (SSSR count). The van der Waals surface area contributed by atoms with E-state index in [4.69, 9.17) is 14.2 Å². The number of hydrogen-bond donors (Lipinski definition) is 1. The van der Waals surface area contributed by atoms with Gasteiger partial charge in [-0.1, -0.05) is 18.6 Å². The van der Waals surface area contributed by atoms with Crippen molar-refractivity contribution in [2.75, 3.05) is 6.61 Å². The molecule has 0 radical (unpaired) electrons. The maximum Gasteiger partial charge on any atom is 0.303 e. The van der Waals surface area contributed by atoms with Crippen LogP contribution in [0.2, 0.25) is 0 Å². The molecular weight excluding hydrogens is 443 g/mol. The number of carbonyl (C=O) groups is 3. The maximum absolute atomic E-state index is 17.3. The molecule has 8 atom stereocenters. The maximum atomic E-state index is 17.3. The molecule has 0 aromatic heterocycles. The summed E-state index contributed by atoms with van der Waals surface area (Å²) in [6.45, 7) is 7.86. The first-order chi connectivity index (χ1) is 15.7. The summed E-state index contributed by atoms with van der Waals surface area (Å²) in [5, 5.41) is 11.5. The average molecular weight is 477 g/mol. The number of ketones is 2. The van der Waals surface area contributed by atoms with Crippen molar-refractivity contribution in [2.24, 2.45) is 22.7 Å². The third-order valence-electron chi connectivity index (χ3n) is 9.45. The summed E-state index contributed by atoms with van der Waals surface area (Å²) >= 11 is 0. The molecule has 4 fully saturated rings. The molecule has 5 aliphatic rings. The van der Waals surface area contributed by atoms with Crippen LogP contribution >= 0.6 is 0 Å². The molecule has 186 valence electrons. The van der Waals surface area contributed by atoms with Crippen molar-refractivity contribution < 1.29 is 38.1 Å².